The zero-order valence-electron chi connectivity index (χ0n) is 13.7. The van der Waals surface area contributed by atoms with E-state index in [1.165, 1.54) is 11.8 Å². The van der Waals surface area contributed by atoms with Crippen LogP contribution in [0.4, 0.5) is 0 Å². The fourth-order valence-electron chi connectivity index (χ4n) is 2.69. The summed E-state index contributed by atoms with van der Waals surface area (Å²) in [7, 11) is 0. The number of thiocarbonyl (C=S) groups is 1. The second-order valence-electron chi connectivity index (χ2n) is 5.85. The molecule has 1 amide bonds. The molecular weight excluding hydrogens is 342 g/mol. The molecular formula is C18H21NO3S2. The van der Waals surface area contributed by atoms with Gasteiger partial charge in [0.25, 0.3) is 5.91 Å². The number of ether oxygens (including phenoxy) is 2. The Morgan fingerprint density at radius 2 is 2.21 bits per heavy atom. The molecule has 24 heavy (non-hydrogen) atoms. The summed E-state index contributed by atoms with van der Waals surface area (Å²) in [4.78, 5) is 14.7. The molecule has 1 aromatic rings. The van der Waals surface area contributed by atoms with Crippen molar-refractivity contribution in [1.29, 1.82) is 0 Å². The lowest BCUT2D eigenvalue weighted by Gasteiger charge is -2.12. The van der Waals surface area contributed by atoms with Crippen molar-refractivity contribution in [2.24, 2.45) is 0 Å². The first kappa shape index (κ1) is 17.5. The minimum atomic E-state index is 0.00515. The maximum atomic E-state index is 12.3. The highest BCUT2D eigenvalue weighted by molar-refractivity contribution is 8.26. The molecule has 6 heteroatoms. The summed E-state index contributed by atoms with van der Waals surface area (Å²) in [5, 5.41) is 0. The van der Waals surface area contributed by atoms with Gasteiger partial charge in [0, 0.05) is 13.2 Å². The summed E-state index contributed by atoms with van der Waals surface area (Å²) in [5.74, 6) is 0.826. The van der Waals surface area contributed by atoms with Crippen molar-refractivity contribution in [2.75, 3.05) is 19.8 Å². The first-order valence-corrected chi connectivity index (χ1v) is 9.49. The second kappa shape index (κ2) is 8.14. The van der Waals surface area contributed by atoms with Crippen LogP contribution in [-0.4, -0.2) is 41.0 Å². The van der Waals surface area contributed by atoms with Gasteiger partial charge in [-0.05, 0) is 43.0 Å². The molecule has 3 rings (SSSR count). The fraction of sp³-hybridized carbons (Fsp3) is 0.444. The first-order valence-electron chi connectivity index (χ1n) is 8.27. The van der Waals surface area contributed by atoms with Gasteiger partial charge in [-0.25, -0.2) is 0 Å². The van der Waals surface area contributed by atoms with E-state index in [0.717, 1.165) is 37.2 Å². The van der Waals surface area contributed by atoms with Crippen LogP contribution in [0.3, 0.4) is 0 Å². The Kier molecular flexibility index (Phi) is 5.92. The second-order valence-corrected chi connectivity index (χ2v) is 7.52. The smallest absolute Gasteiger partial charge is 0.266 e. The van der Waals surface area contributed by atoms with Gasteiger partial charge in [0.05, 0.1) is 11.0 Å². The Hall–Kier alpha value is -1.37. The Morgan fingerprint density at radius 3 is 2.88 bits per heavy atom. The molecule has 0 bridgehead atoms. The van der Waals surface area contributed by atoms with Gasteiger partial charge >= 0.3 is 0 Å². The minimum Gasteiger partial charge on any atom is -0.491 e. The van der Waals surface area contributed by atoms with Crippen molar-refractivity contribution in [2.45, 2.75) is 32.3 Å². The molecule has 0 saturated carbocycles. The van der Waals surface area contributed by atoms with Gasteiger partial charge in [0.15, 0.2) is 0 Å². The van der Waals surface area contributed by atoms with Crippen molar-refractivity contribution in [3.05, 3.63) is 34.7 Å². The summed E-state index contributed by atoms with van der Waals surface area (Å²) < 4.78 is 11.9. The van der Waals surface area contributed by atoms with E-state index in [4.69, 9.17) is 21.7 Å². The first-order chi connectivity index (χ1) is 11.7. The number of thioether (sulfide) groups is 1. The van der Waals surface area contributed by atoms with Gasteiger partial charge in [0.2, 0.25) is 0 Å². The van der Waals surface area contributed by atoms with E-state index in [9.17, 15) is 4.79 Å². The molecule has 0 N–H and O–H groups in total. The van der Waals surface area contributed by atoms with Gasteiger partial charge in [-0.3, -0.25) is 9.69 Å². The van der Waals surface area contributed by atoms with E-state index in [2.05, 4.69) is 0 Å². The number of rotatable bonds is 6. The van der Waals surface area contributed by atoms with Crippen LogP contribution >= 0.6 is 24.0 Å². The van der Waals surface area contributed by atoms with E-state index in [0.29, 0.717) is 22.4 Å². The summed E-state index contributed by atoms with van der Waals surface area (Å²) in [5.41, 5.74) is 0.969. The van der Waals surface area contributed by atoms with Crippen molar-refractivity contribution < 1.29 is 14.3 Å². The van der Waals surface area contributed by atoms with Crippen molar-refractivity contribution in [3.63, 3.8) is 0 Å². The average molecular weight is 364 g/mol. The van der Waals surface area contributed by atoms with Crippen LogP contribution in [-0.2, 0) is 9.53 Å². The lowest BCUT2D eigenvalue weighted by atomic mass is 10.2. The monoisotopic (exact) mass is 363 g/mol. The Bertz CT molecular complexity index is 636. The predicted octanol–water partition coefficient (Wildman–Crippen LogP) is 3.86. The summed E-state index contributed by atoms with van der Waals surface area (Å²) in [6, 6.07) is 7.76. The predicted molar refractivity (Wildman–Crippen MR) is 101 cm³/mol. The number of amides is 1. The number of hydrogen-bond acceptors (Lipinski definition) is 5. The highest BCUT2D eigenvalue weighted by Crippen LogP contribution is 2.32. The number of carbonyl (C=O) groups is 1. The summed E-state index contributed by atoms with van der Waals surface area (Å²) in [6.07, 6.45) is 5.18. The molecule has 2 aliphatic heterocycles. The van der Waals surface area contributed by atoms with Gasteiger partial charge in [0.1, 0.15) is 16.7 Å². The number of nitrogens with zero attached hydrogens (tertiary/aromatic N) is 1. The number of benzene rings is 1. The molecule has 4 nitrogen and oxygen atoms in total. The van der Waals surface area contributed by atoms with Crippen LogP contribution in [0.15, 0.2) is 29.2 Å². The van der Waals surface area contributed by atoms with Crippen LogP contribution in [0.1, 0.15) is 31.7 Å². The van der Waals surface area contributed by atoms with Gasteiger partial charge in [-0.15, -0.1) is 0 Å². The summed E-state index contributed by atoms with van der Waals surface area (Å²) >= 11 is 6.65. The number of hydrogen-bond donors (Lipinski definition) is 0. The van der Waals surface area contributed by atoms with E-state index < -0.39 is 0 Å². The van der Waals surface area contributed by atoms with Crippen molar-refractivity contribution in [3.8, 4) is 5.75 Å². The van der Waals surface area contributed by atoms with Gasteiger partial charge in [-0.1, -0.05) is 43.0 Å². The molecule has 0 spiro atoms. The minimum absolute atomic E-state index is 0.00515. The van der Waals surface area contributed by atoms with Crippen LogP contribution in [0.25, 0.3) is 6.08 Å². The molecule has 1 atom stereocenters. The average Bonchev–Trinajstić information content (AvgIpc) is 3.19. The third-order valence-corrected chi connectivity index (χ3v) is 5.34. The third kappa shape index (κ3) is 4.18. The van der Waals surface area contributed by atoms with E-state index in [1.54, 1.807) is 4.90 Å². The zero-order chi connectivity index (χ0) is 16.9. The Balaban J connectivity index is 1.61. The lowest BCUT2D eigenvalue weighted by molar-refractivity contribution is -0.122. The summed E-state index contributed by atoms with van der Waals surface area (Å²) in [6.45, 7) is 4.15. The Labute approximate surface area is 152 Å². The van der Waals surface area contributed by atoms with E-state index >= 15 is 0 Å². The van der Waals surface area contributed by atoms with Crippen molar-refractivity contribution in [1.82, 2.24) is 4.90 Å². The molecule has 0 radical (unpaired) electrons. The molecule has 0 aromatic heterocycles. The molecule has 2 saturated heterocycles. The maximum absolute atomic E-state index is 12.3. The standard InChI is InChI=1S/C18H21NO3S2/c1-2-9-19-17(20)16(24-18(19)23)11-13-5-7-14(8-6-13)22-12-15-4-3-10-21-15/h5-8,11,15H,2-4,9-10,12H2,1H3. The van der Waals surface area contributed by atoms with Crippen LogP contribution in [0.5, 0.6) is 5.75 Å². The molecule has 128 valence electrons. The largest absolute Gasteiger partial charge is 0.491 e. The Morgan fingerprint density at radius 1 is 1.42 bits per heavy atom. The molecule has 2 fully saturated rings. The van der Waals surface area contributed by atoms with Gasteiger partial charge < -0.3 is 9.47 Å². The fourth-order valence-corrected chi connectivity index (χ4v) is 4.00. The molecule has 1 unspecified atom stereocenters. The molecule has 0 aliphatic carbocycles. The van der Waals surface area contributed by atoms with Crippen molar-refractivity contribution >= 4 is 40.3 Å². The van der Waals surface area contributed by atoms with Crippen LogP contribution in [0, 0.1) is 0 Å². The molecule has 2 heterocycles. The van der Waals surface area contributed by atoms with Crippen LogP contribution in [0.2, 0.25) is 0 Å². The number of carbonyl (C=O) groups excluding carboxylic acids is 1. The maximum Gasteiger partial charge on any atom is 0.266 e. The molecule has 1 aromatic carbocycles. The van der Waals surface area contributed by atoms with E-state index in [1.807, 2.05) is 37.3 Å². The van der Waals surface area contributed by atoms with Gasteiger partial charge in [-0.2, -0.15) is 0 Å². The van der Waals surface area contributed by atoms with E-state index in [-0.39, 0.29) is 12.0 Å². The highest BCUT2D eigenvalue weighted by Gasteiger charge is 2.31. The SMILES string of the molecule is CCCN1C(=O)C(=Cc2ccc(OCC3CCCO3)cc2)SC1=S. The third-order valence-electron chi connectivity index (χ3n) is 3.96. The quantitative estimate of drug-likeness (QED) is 0.567. The topological polar surface area (TPSA) is 38.8 Å². The highest BCUT2D eigenvalue weighted by atomic mass is 32.2. The normalized spacial score (nSPS) is 22.6. The molecule has 2 aliphatic rings. The zero-order valence-corrected chi connectivity index (χ0v) is 15.3. The lowest BCUT2D eigenvalue weighted by Crippen LogP contribution is -2.28. The van der Waals surface area contributed by atoms with Crippen LogP contribution < -0.4 is 4.74 Å².